The maximum atomic E-state index is 12.3. The molecule has 25 heavy (non-hydrogen) atoms. The van der Waals surface area contributed by atoms with Gasteiger partial charge in [0.05, 0.1) is 19.8 Å². The third kappa shape index (κ3) is 6.03. The van der Waals surface area contributed by atoms with Crippen molar-refractivity contribution in [3.8, 4) is 17.2 Å². The van der Waals surface area contributed by atoms with E-state index in [2.05, 4.69) is 12.2 Å². The smallest absolute Gasteiger partial charge is 0.251 e. The highest BCUT2D eigenvalue weighted by Gasteiger charge is 2.10. The monoisotopic (exact) mass is 343 g/mol. The fourth-order valence-corrected chi connectivity index (χ4v) is 2.16. The molecule has 1 amide bonds. The van der Waals surface area contributed by atoms with Crippen LogP contribution in [0.15, 0.2) is 48.5 Å². The molecule has 2 aromatic rings. The number of nitrogens with one attached hydrogen (secondary N) is 1. The van der Waals surface area contributed by atoms with E-state index in [1.165, 1.54) is 0 Å². The molecule has 2 rings (SSSR count). The fourth-order valence-electron chi connectivity index (χ4n) is 2.16. The van der Waals surface area contributed by atoms with Crippen molar-refractivity contribution >= 4 is 5.91 Å². The third-order valence-electron chi connectivity index (χ3n) is 3.53. The molecular weight excluding hydrogens is 318 g/mol. The van der Waals surface area contributed by atoms with Gasteiger partial charge in [0.1, 0.15) is 23.9 Å². The van der Waals surface area contributed by atoms with E-state index in [1.54, 1.807) is 19.2 Å². The quantitative estimate of drug-likeness (QED) is 0.754. The van der Waals surface area contributed by atoms with E-state index in [1.807, 2.05) is 43.3 Å². The van der Waals surface area contributed by atoms with Gasteiger partial charge in [-0.1, -0.05) is 6.92 Å². The lowest BCUT2D eigenvalue weighted by molar-refractivity contribution is 0.0926. The largest absolute Gasteiger partial charge is 0.497 e. The lowest BCUT2D eigenvalue weighted by Crippen LogP contribution is -2.36. The molecule has 0 aliphatic heterocycles. The molecule has 0 heterocycles. The zero-order valence-corrected chi connectivity index (χ0v) is 15.0. The van der Waals surface area contributed by atoms with Crippen molar-refractivity contribution in [1.29, 1.82) is 0 Å². The van der Waals surface area contributed by atoms with Crippen LogP contribution in [0.25, 0.3) is 0 Å². The number of rotatable bonds is 9. The highest BCUT2D eigenvalue weighted by atomic mass is 16.5. The number of amides is 1. The topological polar surface area (TPSA) is 56.8 Å². The van der Waals surface area contributed by atoms with Crippen molar-refractivity contribution < 1.29 is 19.0 Å². The molecule has 0 aliphatic carbocycles. The van der Waals surface area contributed by atoms with Gasteiger partial charge in [-0.15, -0.1) is 0 Å². The fraction of sp³-hybridized carbons (Fsp3) is 0.350. The lowest BCUT2D eigenvalue weighted by Gasteiger charge is -2.15. The minimum absolute atomic E-state index is 0.120. The second kappa shape index (κ2) is 9.57. The van der Waals surface area contributed by atoms with Crippen LogP contribution >= 0.6 is 0 Å². The first-order valence-electron chi connectivity index (χ1n) is 8.43. The summed E-state index contributed by atoms with van der Waals surface area (Å²) in [5, 5.41) is 2.92. The number of ether oxygens (including phenoxy) is 3. The molecular formula is C20H25NO4. The van der Waals surface area contributed by atoms with E-state index in [4.69, 9.17) is 14.2 Å². The summed E-state index contributed by atoms with van der Waals surface area (Å²) in [6.45, 7) is 5.01. The molecule has 1 atom stereocenters. The molecule has 134 valence electrons. The summed E-state index contributed by atoms with van der Waals surface area (Å²) in [6, 6.07) is 14.4. The maximum absolute atomic E-state index is 12.3. The first-order valence-corrected chi connectivity index (χ1v) is 8.43. The molecule has 5 heteroatoms. The maximum Gasteiger partial charge on any atom is 0.251 e. The molecule has 0 unspecified atom stereocenters. The van der Waals surface area contributed by atoms with Gasteiger partial charge in [-0.2, -0.15) is 0 Å². The van der Waals surface area contributed by atoms with E-state index in [-0.39, 0.29) is 11.9 Å². The summed E-state index contributed by atoms with van der Waals surface area (Å²) in [7, 11) is 1.62. The first kappa shape index (κ1) is 18.6. The van der Waals surface area contributed by atoms with Crippen molar-refractivity contribution in [3.05, 3.63) is 54.1 Å². The standard InChI is InChI=1S/C20H25NO4/c1-4-13-24-18-7-5-16(6-8-18)20(22)21-15(2)14-25-19-11-9-17(23-3)10-12-19/h5-12,15H,4,13-14H2,1-3H3,(H,21,22)/t15-/m1/s1. The normalized spacial score (nSPS) is 11.5. The first-order chi connectivity index (χ1) is 12.1. The van der Waals surface area contributed by atoms with Crippen LogP contribution in [0.5, 0.6) is 17.2 Å². The highest BCUT2D eigenvalue weighted by molar-refractivity contribution is 5.94. The van der Waals surface area contributed by atoms with Gasteiger partial charge in [0.25, 0.3) is 5.91 Å². The Labute approximate surface area is 148 Å². The molecule has 0 radical (unpaired) electrons. The Morgan fingerprint density at radius 1 is 0.960 bits per heavy atom. The van der Waals surface area contributed by atoms with Gasteiger partial charge in [0.15, 0.2) is 0 Å². The molecule has 0 spiro atoms. The van der Waals surface area contributed by atoms with Crippen LogP contribution in [-0.4, -0.2) is 32.3 Å². The summed E-state index contributed by atoms with van der Waals surface area (Å²) < 4.78 is 16.3. The van der Waals surface area contributed by atoms with Crippen LogP contribution in [0, 0.1) is 0 Å². The van der Waals surface area contributed by atoms with Crippen LogP contribution in [0.2, 0.25) is 0 Å². The highest BCUT2D eigenvalue weighted by Crippen LogP contribution is 2.17. The predicted octanol–water partition coefficient (Wildman–Crippen LogP) is 3.68. The summed E-state index contributed by atoms with van der Waals surface area (Å²) in [5.41, 5.74) is 0.597. The Morgan fingerprint density at radius 2 is 1.52 bits per heavy atom. The second-order valence-corrected chi connectivity index (χ2v) is 5.73. The summed E-state index contributed by atoms with van der Waals surface area (Å²) in [6.07, 6.45) is 0.952. The van der Waals surface area contributed by atoms with E-state index in [0.717, 1.165) is 23.7 Å². The van der Waals surface area contributed by atoms with Crippen LogP contribution in [-0.2, 0) is 0 Å². The minimum Gasteiger partial charge on any atom is -0.497 e. The number of hydrogen-bond acceptors (Lipinski definition) is 4. The zero-order chi connectivity index (χ0) is 18.1. The number of hydrogen-bond donors (Lipinski definition) is 1. The molecule has 5 nitrogen and oxygen atoms in total. The molecule has 1 N–H and O–H groups in total. The van der Waals surface area contributed by atoms with E-state index in [9.17, 15) is 4.79 Å². The third-order valence-corrected chi connectivity index (χ3v) is 3.53. The van der Waals surface area contributed by atoms with Crippen molar-refractivity contribution in [2.45, 2.75) is 26.3 Å². The van der Waals surface area contributed by atoms with E-state index < -0.39 is 0 Å². The van der Waals surface area contributed by atoms with Crippen molar-refractivity contribution in [1.82, 2.24) is 5.32 Å². The number of carbonyl (C=O) groups excluding carboxylic acids is 1. The molecule has 0 saturated carbocycles. The Balaban J connectivity index is 1.80. The van der Waals surface area contributed by atoms with Crippen LogP contribution in [0.3, 0.4) is 0 Å². The van der Waals surface area contributed by atoms with Gasteiger partial charge in [0.2, 0.25) is 0 Å². The molecule has 0 aliphatic rings. The Kier molecular flexibility index (Phi) is 7.14. The zero-order valence-electron chi connectivity index (χ0n) is 15.0. The molecule has 0 fully saturated rings. The van der Waals surface area contributed by atoms with Gasteiger partial charge in [0, 0.05) is 5.56 Å². The number of benzene rings is 2. The average molecular weight is 343 g/mol. The Morgan fingerprint density at radius 3 is 2.12 bits per heavy atom. The van der Waals surface area contributed by atoms with Gasteiger partial charge >= 0.3 is 0 Å². The number of carbonyl (C=O) groups is 1. The van der Waals surface area contributed by atoms with Gasteiger partial charge in [-0.25, -0.2) is 0 Å². The molecule has 0 bridgehead atoms. The van der Waals surface area contributed by atoms with E-state index >= 15 is 0 Å². The SMILES string of the molecule is CCCOc1ccc(C(=O)N[C@H](C)COc2ccc(OC)cc2)cc1. The van der Waals surface area contributed by atoms with Gasteiger partial charge < -0.3 is 19.5 Å². The number of methoxy groups -OCH3 is 1. The van der Waals surface area contributed by atoms with Gasteiger partial charge in [-0.05, 0) is 61.9 Å². The van der Waals surface area contributed by atoms with Crippen molar-refractivity contribution in [2.75, 3.05) is 20.3 Å². The molecule has 0 saturated heterocycles. The molecule has 2 aromatic carbocycles. The Hall–Kier alpha value is -2.69. The average Bonchev–Trinajstić information content (AvgIpc) is 2.65. The van der Waals surface area contributed by atoms with Gasteiger partial charge in [-0.3, -0.25) is 4.79 Å². The Bertz CT molecular complexity index is 652. The summed E-state index contributed by atoms with van der Waals surface area (Å²) in [4.78, 5) is 12.3. The second-order valence-electron chi connectivity index (χ2n) is 5.73. The van der Waals surface area contributed by atoms with Crippen molar-refractivity contribution in [3.63, 3.8) is 0 Å². The molecule has 0 aromatic heterocycles. The predicted molar refractivity (Wildman–Crippen MR) is 97.6 cm³/mol. The summed E-state index contributed by atoms with van der Waals surface area (Å²) in [5.74, 6) is 2.15. The lowest BCUT2D eigenvalue weighted by atomic mass is 10.2. The van der Waals surface area contributed by atoms with Crippen LogP contribution in [0.4, 0.5) is 0 Å². The van der Waals surface area contributed by atoms with E-state index in [0.29, 0.717) is 18.8 Å². The van der Waals surface area contributed by atoms with Crippen molar-refractivity contribution in [2.24, 2.45) is 0 Å². The minimum atomic E-state index is -0.132. The van der Waals surface area contributed by atoms with Crippen LogP contribution < -0.4 is 19.5 Å². The van der Waals surface area contributed by atoms with Crippen LogP contribution in [0.1, 0.15) is 30.6 Å². The summed E-state index contributed by atoms with van der Waals surface area (Å²) >= 11 is 0.